The fraction of sp³-hybridized carbons (Fsp3) is 0.211. The van der Waals surface area contributed by atoms with E-state index in [1.807, 2.05) is 36.5 Å². The Labute approximate surface area is 163 Å². The average molecular weight is 397 g/mol. The molecule has 8 nitrogen and oxygen atoms in total. The number of aromatic nitrogens is 2. The molecule has 0 fully saturated rings. The highest BCUT2D eigenvalue weighted by molar-refractivity contribution is 7.90. The molecule has 0 saturated carbocycles. The highest BCUT2D eigenvalue weighted by Crippen LogP contribution is 2.18. The Morgan fingerprint density at radius 3 is 2.79 bits per heavy atom. The maximum atomic E-state index is 12.8. The molecule has 2 aliphatic rings. The first kappa shape index (κ1) is 18.2. The van der Waals surface area contributed by atoms with Crippen LogP contribution in [-0.4, -0.2) is 59.1 Å². The molecule has 0 aliphatic carbocycles. The fourth-order valence-electron chi connectivity index (χ4n) is 3.06. The lowest BCUT2D eigenvalue weighted by atomic mass is 10.1. The van der Waals surface area contributed by atoms with Gasteiger partial charge in [0.1, 0.15) is 5.84 Å². The molecule has 3 heterocycles. The van der Waals surface area contributed by atoms with E-state index in [2.05, 4.69) is 9.50 Å². The van der Waals surface area contributed by atoms with Gasteiger partial charge < -0.3 is 9.80 Å². The maximum Gasteiger partial charge on any atom is 0.256 e. The summed E-state index contributed by atoms with van der Waals surface area (Å²) in [7, 11) is -1.68. The summed E-state index contributed by atoms with van der Waals surface area (Å²) in [6.45, 7) is 0.696. The number of hydrogen-bond acceptors (Lipinski definition) is 5. The van der Waals surface area contributed by atoms with Crippen molar-refractivity contribution in [1.82, 2.24) is 19.6 Å². The van der Waals surface area contributed by atoms with Gasteiger partial charge in [0.05, 0.1) is 23.2 Å². The Kier molecular flexibility index (Phi) is 4.60. The lowest BCUT2D eigenvalue weighted by Gasteiger charge is -2.28. The van der Waals surface area contributed by atoms with Gasteiger partial charge in [-0.05, 0) is 24.3 Å². The van der Waals surface area contributed by atoms with Gasteiger partial charge in [0.15, 0.2) is 0 Å². The third-order valence-corrected chi connectivity index (χ3v) is 5.66. The molecule has 0 bridgehead atoms. The molecule has 144 valence electrons. The quantitative estimate of drug-likeness (QED) is 0.777. The van der Waals surface area contributed by atoms with Crippen LogP contribution in [0.25, 0.3) is 5.69 Å². The summed E-state index contributed by atoms with van der Waals surface area (Å²) in [5.74, 6) is 0.127. The number of benzene rings is 1. The summed E-state index contributed by atoms with van der Waals surface area (Å²) < 4.78 is 28.7. The zero-order valence-corrected chi connectivity index (χ0v) is 16.1. The van der Waals surface area contributed by atoms with Crippen molar-refractivity contribution in [2.45, 2.75) is 6.54 Å². The number of carbonyl (C=O) groups excluding carboxylic acids is 1. The highest BCUT2D eigenvalue weighted by atomic mass is 32.2. The molecule has 0 saturated heterocycles. The summed E-state index contributed by atoms with van der Waals surface area (Å²) in [5, 5.41) is 4.35. The van der Waals surface area contributed by atoms with Crippen molar-refractivity contribution in [3.8, 4) is 5.69 Å². The molecular weight excluding hydrogens is 378 g/mol. The van der Waals surface area contributed by atoms with E-state index in [9.17, 15) is 13.2 Å². The largest absolute Gasteiger partial charge is 0.337 e. The summed E-state index contributed by atoms with van der Waals surface area (Å²) in [4.78, 5) is 16.1. The Balaban J connectivity index is 1.46. The molecule has 0 N–H and O–H groups in total. The van der Waals surface area contributed by atoms with Crippen LogP contribution in [0.2, 0.25) is 0 Å². The normalized spacial score (nSPS) is 17.5. The molecule has 1 amide bonds. The van der Waals surface area contributed by atoms with E-state index in [4.69, 9.17) is 0 Å². The number of para-hydroxylation sites is 1. The highest BCUT2D eigenvalue weighted by Gasteiger charge is 2.26. The molecule has 0 spiro atoms. The lowest BCUT2D eigenvalue weighted by molar-refractivity contribution is -0.126. The minimum absolute atomic E-state index is 0.0587. The van der Waals surface area contributed by atoms with Gasteiger partial charge in [0, 0.05) is 38.1 Å². The standard InChI is InChI=1S/C19H19N5O3S/c1-22(12-15-11-20-24(13-15)17-5-3-2-4-6-17)19(25)16-7-8-18-21-28(26,27)10-9-23(18)14-16/h2-8,11,13-14H,9-10,12H2,1H3. The van der Waals surface area contributed by atoms with Crippen LogP contribution in [0.15, 0.2) is 71.0 Å². The van der Waals surface area contributed by atoms with E-state index in [1.54, 1.807) is 46.1 Å². The van der Waals surface area contributed by atoms with Crippen LogP contribution in [0.3, 0.4) is 0 Å². The van der Waals surface area contributed by atoms with Crippen LogP contribution >= 0.6 is 0 Å². The number of fused-ring (bicyclic) bond motifs is 1. The first-order chi connectivity index (χ1) is 13.4. The molecule has 0 radical (unpaired) electrons. The number of amides is 1. The van der Waals surface area contributed by atoms with Crippen molar-refractivity contribution in [2.75, 3.05) is 19.3 Å². The van der Waals surface area contributed by atoms with Gasteiger partial charge in [-0.2, -0.15) is 5.10 Å². The molecule has 0 atom stereocenters. The smallest absolute Gasteiger partial charge is 0.256 e. The van der Waals surface area contributed by atoms with Gasteiger partial charge in [-0.1, -0.05) is 18.2 Å². The van der Waals surface area contributed by atoms with Crippen LogP contribution in [0, 0.1) is 0 Å². The van der Waals surface area contributed by atoms with Crippen molar-refractivity contribution in [3.63, 3.8) is 0 Å². The van der Waals surface area contributed by atoms with Gasteiger partial charge in [-0.15, -0.1) is 4.40 Å². The van der Waals surface area contributed by atoms with Crippen molar-refractivity contribution in [2.24, 2.45) is 4.40 Å². The second-order valence-corrected chi connectivity index (χ2v) is 8.39. The number of hydrogen-bond donors (Lipinski definition) is 0. The Morgan fingerprint density at radius 1 is 1.21 bits per heavy atom. The summed E-state index contributed by atoms with van der Waals surface area (Å²) in [6.07, 6.45) is 8.44. The molecule has 1 aromatic carbocycles. The number of amidine groups is 1. The van der Waals surface area contributed by atoms with E-state index in [0.717, 1.165) is 11.3 Å². The van der Waals surface area contributed by atoms with Crippen LogP contribution in [0.5, 0.6) is 0 Å². The fourth-order valence-corrected chi connectivity index (χ4v) is 4.03. The average Bonchev–Trinajstić information content (AvgIpc) is 3.15. The van der Waals surface area contributed by atoms with E-state index in [0.29, 0.717) is 18.0 Å². The van der Waals surface area contributed by atoms with Crippen LogP contribution in [-0.2, 0) is 21.4 Å². The maximum absolute atomic E-state index is 12.8. The molecule has 2 aromatic rings. The summed E-state index contributed by atoms with van der Waals surface area (Å²) in [5.41, 5.74) is 2.34. The molecule has 9 heteroatoms. The third-order valence-electron chi connectivity index (χ3n) is 4.49. The van der Waals surface area contributed by atoms with Crippen LogP contribution < -0.4 is 0 Å². The lowest BCUT2D eigenvalue weighted by Crippen LogP contribution is -2.38. The Hall–Kier alpha value is -3.20. The first-order valence-electron chi connectivity index (χ1n) is 8.75. The number of carbonyl (C=O) groups is 1. The monoisotopic (exact) mass is 397 g/mol. The molecule has 1 aromatic heterocycles. The zero-order chi connectivity index (χ0) is 19.7. The number of nitrogens with zero attached hydrogens (tertiary/aromatic N) is 5. The molecule has 0 unspecified atom stereocenters. The molecule has 2 aliphatic heterocycles. The van der Waals surface area contributed by atoms with Gasteiger partial charge in [0.2, 0.25) is 0 Å². The minimum atomic E-state index is -3.41. The van der Waals surface area contributed by atoms with Gasteiger partial charge in [0.25, 0.3) is 15.9 Å². The first-order valence-corrected chi connectivity index (χ1v) is 10.4. The van der Waals surface area contributed by atoms with Crippen molar-refractivity contribution >= 4 is 21.8 Å². The SMILES string of the molecule is CN(Cc1cnn(-c2ccccc2)c1)C(=O)C1=CN2CCS(=O)(=O)N=C2C=C1. The Bertz CT molecular complexity index is 1100. The van der Waals surface area contributed by atoms with E-state index in [1.165, 1.54) is 0 Å². The van der Waals surface area contributed by atoms with E-state index >= 15 is 0 Å². The predicted octanol–water partition coefficient (Wildman–Crippen LogP) is 1.33. The number of rotatable bonds is 4. The van der Waals surface area contributed by atoms with Gasteiger partial charge in [-0.3, -0.25) is 4.79 Å². The Morgan fingerprint density at radius 2 is 2.00 bits per heavy atom. The van der Waals surface area contributed by atoms with Crippen LogP contribution in [0.4, 0.5) is 0 Å². The molecule has 28 heavy (non-hydrogen) atoms. The summed E-state index contributed by atoms with van der Waals surface area (Å²) in [6, 6.07) is 9.75. The van der Waals surface area contributed by atoms with Crippen LogP contribution in [0.1, 0.15) is 5.56 Å². The zero-order valence-electron chi connectivity index (χ0n) is 15.3. The third kappa shape index (κ3) is 3.74. The second-order valence-electron chi connectivity index (χ2n) is 6.64. The van der Waals surface area contributed by atoms with Crippen molar-refractivity contribution in [3.05, 3.63) is 72.2 Å². The number of likely N-dealkylation sites (N-methyl/N-ethyl adjacent to an activating group) is 1. The molecule has 4 rings (SSSR count). The second kappa shape index (κ2) is 7.08. The van der Waals surface area contributed by atoms with E-state index in [-0.39, 0.29) is 18.2 Å². The minimum Gasteiger partial charge on any atom is -0.337 e. The predicted molar refractivity (Wildman–Crippen MR) is 105 cm³/mol. The van der Waals surface area contributed by atoms with Crippen molar-refractivity contribution in [1.29, 1.82) is 0 Å². The van der Waals surface area contributed by atoms with Gasteiger partial charge in [-0.25, -0.2) is 13.1 Å². The van der Waals surface area contributed by atoms with Gasteiger partial charge >= 0.3 is 0 Å². The topological polar surface area (TPSA) is 87.9 Å². The van der Waals surface area contributed by atoms with Crippen molar-refractivity contribution < 1.29 is 13.2 Å². The summed E-state index contributed by atoms with van der Waals surface area (Å²) >= 11 is 0. The number of sulfonamides is 1. The molecular formula is C19H19N5O3S. The van der Waals surface area contributed by atoms with E-state index < -0.39 is 10.0 Å².